The number of ether oxygens (including phenoxy) is 1. The Hall–Kier alpha value is -1.86. The van der Waals surface area contributed by atoms with Crippen molar-refractivity contribution in [3.05, 3.63) is 45.6 Å². The molecule has 0 saturated carbocycles. The fourth-order valence-electron chi connectivity index (χ4n) is 2.60. The minimum atomic E-state index is -3.81. The molecule has 5 nitrogen and oxygen atoms in total. The summed E-state index contributed by atoms with van der Waals surface area (Å²) in [4.78, 5) is 11.7. The van der Waals surface area contributed by atoms with E-state index in [9.17, 15) is 13.2 Å². The molecule has 22 heavy (non-hydrogen) atoms. The van der Waals surface area contributed by atoms with Gasteiger partial charge in [0.1, 0.15) is 9.77 Å². The number of nitrogens with one attached hydrogen (secondary N) is 1. The van der Waals surface area contributed by atoms with E-state index in [0.717, 1.165) is 30.6 Å². The molecule has 1 aromatic carbocycles. The van der Waals surface area contributed by atoms with Gasteiger partial charge in [0.2, 0.25) is 0 Å². The largest absolute Gasteiger partial charge is 0.465 e. The molecule has 0 fully saturated rings. The summed E-state index contributed by atoms with van der Waals surface area (Å²) in [7, 11) is -2.59. The summed E-state index contributed by atoms with van der Waals surface area (Å²) < 4.78 is 32.1. The van der Waals surface area contributed by atoms with Crippen LogP contribution in [-0.4, -0.2) is 21.5 Å². The van der Waals surface area contributed by atoms with Gasteiger partial charge in [-0.25, -0.2) is 13.2 Å². The first-order valence-electron chi connectivity index (χ1n) is 6.82. The van der Waals surface area contributed by atoms with E-state index in [1.54, 1.807) is 11.4 Å². The van der Waals surface area contributed by atoms with Crippen molar-refractivity contribution in [1.29, 1.82) is 0 Å². The fraction of sp³-hybridized carbons (Fsp3) is 0.267. The lowest BCUT2D eigenvalue weighted by atomic mass is 10.1. The zero-order valence-corrected chi connectivity index (χ0v) is 13.6. The van der Waals surface area contributed by atoms with Crippen molar-refractivity contribution in [2.75, 3.05) is 11.8 Å². The fourth-order valence-corrected chi connectivity index (χ4v) is 4.98. The Bertz CT molecular complexity index is 824. The number of aryl methyl sites for hydroxylation is 2. The van der Waals surface area contributed by atoms with Gasteiger partial charge >= 0.3 is 5.97 Å². The number of anilines is 1. The first-order chi connectivity index (χ1) is 10.5. The van der Waals surface area contributed by atoms with Crippen LogP contribution in [-0.2, 0) is 27.6 Å². The molecule has 1 aliphatic carbocycles. The van der Waals surface area contributed by atoms with E-state index >= 15 is 0 Å². The molecule has 1 N–H and O–H groups in total. The number of fused-ring (bicyclic) bond motifs is 1. The first-order valence-corrected chi connectivity index (χ1v) is 9.18. The van der Waals surface area contributed by atoms with Crippen LogP contribution in [0.4, 0.5) is 5.69 Å². The van der Waals surface area contributed by atoms with Crippen LogP contribution in [0.2, 0.25) is 0 Å². The number of esters is 1. The smallest absolute Gasteiger partial charge is 0.349 e. The number of hydrogen-bond acceptors (Lipinski definition) is 5. The molecule has 0 atom stereocenters. The average molecular weight is 337 g/mol. The van der Waals surface area contributed by atoms with E-state index in [1.807, 2.05) is 12.1 Å². The molecule has 2 aromatic rings. The summed E-state index contributed by atoms with van der Waals surface area (Å²) >= 11 is 1.05. The van der Waals surface area contributed by atoms with Crippen molar-refractivity contribution in [2.45, 2.75) is 24.2 Å². The Morgan fingerprint density at radius 3 is 2.77 bits per heavy atom. The quantitative estimate of drug-likeness (QED) is 0.871. The molecule has 0 radical (unpaired) electrons. The number of benzene rings is 1. The molecule has 1 aromatic heterocycles. The average Bonchev–Trinajstić information content (AvgIpc) is 3.14. The second-order valence-corrected chi connectivity index (χ2v) is 7.62. The van der Waals surface area contributed by atoms with Gasteiger partial charge in [0.25, 0.3) is 10.0 Å². The van der Waals surface area contributed by atoms with Gasteiger partial charge in [0, 0.05) is 5.69 Å². The molecule has 116 valence electrons. The van der Waals surface area contributed by atoms with Crippen molar-refractivity contribution < 1.29 is 17.9 Å². The highest BCUT2D eigenvalue weighted by Gasteiger charge is 2.25. The molecule has 0 saturated heterocycles. The third-order valence-corrected chi connectivity index (χ3v) is 6.09. The second-order valence-electron chi connectivity index (χ2n) is 5.05. The van der Waals surface area contributed by atoms with E-state index in [-0.39, 0.29) is 9.77 Å². The van der Waals surface area contributed by atoms with Gasteiger partial charge in [0.15, 0.2) is 0 Å². The number of methoxy groups -OCH3 is 1. The Kier molecular flexibility index (Phi) is 3.92. The van der Waals surface area contributed by atoms with E-state index in [1.165, 1.54) is 24.3 Å². The van der Waals surface area contributed by atoms with Crippen molar-refractivity contribution in [2.24, 2.45) is 0 Å². The van der Waals surface area contributed by atoms with E-state index in [0.29, 0.717) is 5.69 Å². The first kappa shape index (κ1) is 15.1. The minimum Gasteiger partial charge on any atom is -0.465 e. The Morgan fingerprint density at radius 2 is 2.00 bits per heavy atom. The van der Waals surface area contributed by atoms with Gasteiger partial charge in [-0.1, -0.05) is 6.07 Å². The summed E-state index contributed by atoms with van der Waals surface area (Å²) in [6, 6.07) is 6.98. The van der Waals surface area contributed by atoms with Gasteiger partial charge in [-0.05, 0) is 54.0 Å². The van der Waals surface area contributed by atoms with E-state index in [2.05, 4.69) is 9.46 Å². The summed E-state index contributed by atoms with van der Waals surface area (Å²) in [5, 5.41) is 1.56. The van der Waals surface area contributed by atoms with E-state index in [4.69, 9.17) is 0 Å². The number of rotatable bonds is 4. The van der Waals surface area contributed by atoms with Crippen LogP contribution in [0.5, 0.6) is 0 Å². The highest BCUT2D eigenvalue weighted by Crippen LogP contribution is 2.28. The predicted molar refractivity (Wildman–Crippen MR) is 84.9 cm³/mol. The molecule has 0 spiro atoms. The van der Waals surface area contributed by atoms with Crippen molar-refractivity contribution >= 4 is 33.0 Å². The maximum atomic E-state index is 12.5. The molecule has 3 rings (SSSR count). The maximum absolute atomic E-state index is 12.5. The molecule has 1 aliphatic rings. The van der Waals surface area contributed by atoms with Crippen LogP contribution >= 0.6 is 11.3 Å². The van der Waals surface area contributed by atoms with Gasteiger partial charge in [-0.2, -0.15) is 0 Å². The molecule has 0 bridgehead atoms. The van der Waals surface area contributed by atoms with Crippen LogP contribution in [0.25, 0.3) is 0 Å². The third kappa shape index (κ3) is 2.74. The van der Waals surface area contributed by atoms with Crippen LogP contribution in [0.3, 0.4) is 0 Å². The van der Waals surface area contributed by atoms with Gasteiger partial charge in [-0.3, -0.25) is 4.72 Å². The summed E-state index contributed by atoms with van der Waals surface area (Å²) in [5.41, 5.74) is 2.97. The monoisotopic (exact) mass is 337 g/mol. The number of thiophene rings is 1. The number of carbonyl (C=O) groups excluding carboxylic acids is 1. The van der Waals surface area contributed by atoms with Crippen LogP contribution in [0.1, 0.15) is 27.2 Å². The SMILES string of the molecule is COC(=O)c1sccc1S(=O)(=O)Nc1ccc2c(c1)CCC2. The molecule has 0 unspecified atom stereocenters. The molecule has 7 heteroatoms. The van der Waals surface area contributed by atoms with Crippen LogP contribution < -0.4 is 4.72 Å². The topological polar surface area (TPSA) is 72.5 Å². The van der Waals surface area contributed by atoms with Crippen molar-refractivity contribution in [3.63, 3.8) is 0 Å². The second kappa shape index (κ2) is 5.73. The van der Waals surface area contributed by atoms with Gasteiger partial charge < -0.3 is 4.74 Å². The van der Waals surface area contributed by atoms with Crippen LogP contribution in [0.15, 0.2) is 34.5 Å². The number of carbonyl (C=O) groups is 1. The van der Waals surface area contributed by atoms with Crippen LogP contribution in [0, 0.1) is 0 Å². The molecular weight excluding hydrogens is 322 g/mol. The summed E-state index contributed by atoms with van der Waals surface area (Å²) in [5.74, 6) is -0.649. The standard InChI is InChI=1S/C15H15NO4S2/c1-20-15(17)14-13(7-8-21-14)22(18,19)16-12-6-5-10-3-2-4-11(10)9-12/h5-9,16H,2-4H2,1H3. The summed E-state index contributed by atoms with van der Waals surface area (Å²) in [6.07, 6.45) is 3.11. The normalized spacial score (nSPS) is 13.7. The lowest BCUT2D eigenvalue weighted by Crippen LogP contribution is -2.15. The zero-order chi connectivity index (χ0) is 15.7. The van der Waals surface area contributed by atoms with Gasteiger partial charge in [-0.15, -0.1) is 11.3 Å². The zero-order valence-electron chi connectivity index (χ0n) is 12.0. The molecule has 0 amide bonds. The Morgan fingerprint density at radius 1 is 1.23 bits per heavy atom. The lowest BCUT2D eigenvalue weighted by molar-refractivity contribution is 0.0602. The van der Waals surface area contributed by atoms with Gasteiger partial charge in [0.05, 0.1) is 7.11 Å². The highest BCUT2D eigenvalue weighted by atomic mass is 32.2. The van der Waals surface area contributed by atoms with Crippen molar-refractivity contribution in [1.82, 2.24) is 0 Å². The number of hydrogen-bond donors (Lipinski definition) is 1. The Labute approximate surface area is 133 Å². The third-order valence-electron chi connectivity index (χ3n) is 3.64. The highest BCUT2D eigenvalue weighted by molar-refractivity contribution is 7.93. The molecule has 0 aliphatic heterocycles. The minimum absolute atomic E-state index is 0.0511. The predicted octanol–water partition coefficient (Wildman–Crippen LogP) is 2.82. The number of sulfonamides is 1. The van der Waals surface area contributed by atoms with E-state index < -0.39 is 16.0 Å². The molecular formula is C15H15NO4S2. The summed E-state index contributed by atoms with van der Waals surface area (Å²) in [6.45, 7) is 0. The molecule has 1 heterocycles. The maximum Gasteiger partial charge on any atom is 0.349 e. The van der Waals surface area contributed by atoms with Crippen molar-refractivity contribution in [3.8, 4) is 0 Å². The Balaban J connectivity index is 1.91. The lowest BCUT2D eigenvalue weighted by Gasteiger charge is -2.10.